The Morgan fingerprint density at radius 2 is 1.90 bits per heavy atom. The van der Waals surface area contributed by atoms with Crippen molar-refractivity contribution in [3.8, 4) is 11.8 Å². The Bertz CT molecular complexity index is 681. The Morgan fingerprint density at radius 3 is 2.45 bits per heavy atom. The summed E-state index contributed by atoms with van der Waals surface area (Å²) < 4.78 is 5.23. The number of hydrogen-bond acceptors (Lipinski definition) is 2. The fourth-order valence-corrected chi connectivity index (χ4v) is 2.09. The Balaban J connectivity index is 2.39. The van der Waals surface area contributed by atoms with Crippen LogP contribution >= 0.6 is 11.6 Å². The summed E-state index contributed by atoms with van der Waals surface area (Å²) >= 11 is 5.86. The lowest BCUT2D eigenvalue weighted by Crippen LogP contribution is -1.88. The van der Waals surface area contributed by atoms with Crippen molar-refractivity contribution in [3.05, 3.63) is 64.2 Å². The molecular formula is C17H14ClNO. The molecule has 2 rings (SSSR count). The molecule has 0 saturated heterocycles. The SMILES string of the molecule is COc1ccc(/C=C(\C#N)c2ccc(Cl)cc2)cc1C. The van der Waals surface area contributed by atoms with Crippen molar-refractivity contribution in [1.29, 1.82) is 5.26 Å². The number of benzene rings is 2. The van der Waals surface area contributed by atoms with E-state index in [9.17, 15) is 5.26 Å². The van der Waals surface area contributed by atoms with Gasteiger partial charge in [-0.1, -0.05) is 29.8 Å². The van der Waals surface area contributed by atoms with E-state index in [1.165, 1.54) is 0 Å². The van der Waals surface area contributed by atoms with Crippen LogP contribution in [0.5, 0.6) is 5.75 Å². The monoisotopic (exact) mass is 283 g/mol. The summed E-state index contributed by atoms with van der Waals surface area (Å²) in [6.07, 6.45) is 1.86. The van der Waals surface area contributed by atoms with Crippen molar-refractivity contribution in [2.75, 3.05) is 7.11 Å². The van der Waals surface area contributed by atoms with E-state index in [0.29, 0.717) is 10.6 Å². The molecule has 0 unspecified atom stereocenters. The minimum absolute atomic E-state index is 0.603. The second-order valence-corrected chi connectivity index (χ2v) is 4.84. The molecule has 0 aliphatic rings. The number of aryl methyl sites for hydroxylation is 1. The van der Waals surface area contributed by atoms with Crippen LogP contribution in [-0.2, 0) is 0 Å². The van der Waals surface area contributed by atoms with E-state index in [2.05, 4.69) is 6.07 Å². The summed E-state index contributed by atoms with van der Waals surface area (Å²) in [7, 11) is 1.65. The quantitative estimate of drug-likeness (QED) is 0.603. The minimum atomic E-state index is 0.603. The summed E-state index contributed by atoms with van der Waals surface area (Å²) in [6, 6.07) is 15.3. The lowest BCUT2D eigenvalue weighted by atomic mass is 10.0. The molecule has 0 atom stereocenters. The first-order chi connectivity index (χ1) is 9.63. The van der Waals surface area contributed by atoms with Gasteiger partial charge in [-0.15, -0.1) is 0 Å². The molecule has 0 radical (unpaired) electrons. The highest BCUT2D eigenvalue weighted by molar-refractivity contribution is 6.30. The molecular weight excluding hydrogens is 270 g/mol. The molecule has 0 aliphatic carbocycles. The van der Waals surface area contributed by atoms with Crippen LogP contribution in [0.4, 0.5) is 0 Å². The van der Waals surface area contributed by atoms with Gasteiger partial charge in [0.1, 0.15) is 5.75 Å². The zero-order valence-corrected chi connectivity index (χ0v) is 12.1. The van der Waals surface area contributed by atoms with Gasteiger partial charge in [-0.3, -0.25) is 0 Å². The lowest BCUT2D eigenvalue weighted by Gasteiger charge is -2.05. The topological polar surface area (TPSA) is 33.0 Å². The van der Waals surface area contributed by atoms with Crippen molar-refractivity contribution in [2.24, 2.45) is 0 Å². The Kier molecular flexibility index (Phi) is 4.45. The minimum Gasteiger partial charge on any atom is -0.496 e. The number of methoxy groups -OCH3 is 1. The number of ether oxygens (including phenoxy) is 1. The maximum Gasteiger partial charge on any atom is 0.121 e. The first-order valence-electron chi connectivity index (χ1n) is 6.16. The van der Waals surface area contributed by atoms with Crippen LogP contribution in [0.2, 0.25) is 5.02 Å². The van der Waals surface area contributed by atoms with E-state index in [4.69, 9.17) is 16.3 Å². The molecule has 2 nitrogen and oxygen atoms in total. The average molecular weight is 284 g/mol. The number of nitrogens with zero attached hydrogens (tertiary/aromatic N) is 1. The van der Waals surface area contributed by atoms with Crippen LogP contribution < -0.4 is 4.74 Å². The number of halogens is 1. The third kappa shape index (κ3) is 3.20. The van der Waals surface area contributed by atoms with Gasteiger partial charge in [0, 0.05) is 5.02 Å². The van der Waals surface area contributed by atoms with E-state index >= 15 is 0 Å². The van der Waals surface area contributed by atoms with E-state index in [1.807, 2.05) is 43.3 Å². The fraction of sp³-hybridized carbons (Fsp3) is 0.118. The fourth-order valence-electron chi connectivity index (χ4n) is 1.97. The van der Waals surface area contributed by atoms with Gasteiger partial charge >= 0.3 is 0 Å². The molecule has 3 heteroatoms. The zero-order valence-electron chi connectivity index (χ0n) is 11.4. The summed E-state index contributed by atoms with van der Waals surface area (Å²) in [5, 5.41) is 9.96. The molecule has 2 aromatic carbocycles. The van der Waals surface area contributed by atoms with E-state index in [1.54, 1.807) is 19.2 Å². The number of rotatable bonds is 3. The molecule has 2 aromatic rings. The maximum atomic E-state index is 9.30. The molecule has 0 heterocycles. The van der Waals surface area contributed by atoms with Gasteiger partial charge in [0.2, 0.25) is 0 Å². The first-order valence-corrected chi connectivity index (χ1v) is 6.54. The maximum absolute atomic E-state index is 9.30. The molecule has 0 aliphatic heterocycles. The van der Waals surface area contributed by atoms with Crippen molar-refractivity contribution in [2.45, 2.75) is 6.92 Å². The van der Waals surface area contributed by atoms with Gasteiger partial charge in [0.15, 0.2) is 0 Å². The van der Waals surface area contributed by atoms with E-state index in [-0.39, 0.29) is 0 Å². The Labute approximate surface area is 123 Å². The molecule has 0 aromatic heterocycles. The highest BCUT2D eigenvalue weighted by Crippen LogP contribution is 2.23. The highest BCUT2D eigenvalue weighted by Gasteiger charge is 2.03. The summed E-state index contributed by atoms with van der Waals surface area (Å²) in [5.74, 6) is 0.840. The normalized spacial score (nSPS) is 11.0. The molecule has 0 spiro atoms. The standard InChI is InChI=1S/C17H14ClNO/c1-12-9-13(3-8-17(12)20-2)10-15(11-19)14-4-6-16(18)7-5-14/h3-10H,1-2H3/b15-10+. The predicted molar refractivity (Wildman–Crippen MR) is 82.7 cm³/mol. The average Bonchev–Trinajstić information content (AvgIpc) is 2.46. The van der Waals surface area contributed by atoms with Crippen molar-refractivity contribution >= 4 is 23.3 Å². The van der Waals surface area contributed by atoms with Gasteiger partial charge in [0.25, 0.3) is 0 Å². The van der Waals surface area contributed by atoms with Crippen LogP contribution in [0.1, 0.15) is 16.7 Å². The molecule has 0 bridgehead atoms. The molecule has 20 heavy (non-hydrogen) atoms. The molecule has 0 amide bonds. The summed E-state index contributed by atoms with van der Waals surface area (Å²) in [4.78, 5) is 0. The van der Waals surface area contributed by atoms with E-state index in [0.717, 1.165) is 22.4 Å². The third-order valence-electron chi connectivity index (χ3n) is 3.01. The van der Waals surface area contributed by atoms with Gasteiger partial charge in [0.05, 0.1) is 18.8 Å². The largest absolute Gasteiger partial charge is 0.496 e. The second-order valence-electron chi connectivity index (χ2n) is 4.41. The predicted octanol–water partition coefficient (Wildman–Crippen LogP) is 4.72. The highest BCUT2D eigenvalue weighted by atomic mass is 35.5. The van der Waals surface area contributed by atoms with Crippen molar-refractivity contribution in [3.63, 3.8) is 0 Å². The molecule has 0 N–H and O–H groups in total. The van der Waals surface area contributed by atoms with Gasteiger partial charge in [-0.05, 0) is 54.0 Å². The lowest BCUT2D eigenvalue weighted by molar-refractivity contribution is 0.411. The van der Waals surface area contributed by atoms with Crippen LogP contribution in [0.15, 0.2) is 42.5 Å². The third-order valence-corrected chi connectivity index (χ3v) is 3.26. The number of hydrogen-bond donors (Lipinski definition) is 0. The van der Waals surface area contributed by atoms with Gasteiger partial charge in [-0.25, -0.2) is 0 Å². The van der Waals surface area contributed by atoms with Crippen LogP contribution in [0.3, 0.4) is 0 Å². The van der Waals surface area contributed by atoms with Crippen molar-refractivity contribution in [1.82, 2.24) is 0 Å². The van der Waals surface area contributed by atoms with Crippen molar-refractivity contribution < 1.29 is 4.74 Å². The van der Waals surface area contributed by atoms with Gasteiger partial charge < -0.3 is 4.74 Å². The summed E-state index contributed by atoms with van der Waals surface area (Å²) in [5.41, 5.74) is 3.46. The van der Waals surface area contributed by atoms with E-state index < -0.39 is 0 Å². The van der Waals surface area contributed by atoms with Gasteiger partial charge in [-0.2, -0.15) is 5.26 Å². The first kappa shape index (κ1) is 14.2. The Morgan fingerprint density at radius 1 is 1.20 bits per heavy atom. The van der Waals surface area contributed by atoms with Crippen LogP contribution in [0.25, 0.3) is 11.6 Å². The number of allylic oxidation sites excluding steroid dienone is 1. The molecule has 0 fully saturated rings. The molecule has 0 saturated carbocycles. The second kappa shape index (κ2) is 6.27. The number of nitriles is 1. The van der Waals surface area contributed by atoms with Crippen LogP contribution in [0, 0.1) is 18.3 Å². The summed E-state index contributed by atoms with van der Waals surface area (Å²) in [6.45, 7) is 1.98. The smallest absolute Gasteiger partial charge is 0.121 e. The zero-order chi connectivity index (χ0) is 14.5. The molecule has 100 valence electrons. The Hall–Kier alpha value is -2.24. The van der Waals surface area contributed by atoms with Crippen LogP contribution in [-0.4, -0.2) is 7.11 Å².